The molecule has 0 bridgehead atoms. The summed E-state index contributed by atoms with van der Waals surface area (Å²) in [4.78, 5) is 13.4. The first-order valence-corrected chi connectivity index (χ1v) is 4.68. The first-order valence-electron chi connectivity index (χ1n) is 4.68. The molecule has 1 saturated carbocycles. The summed E-state index contributed by atoms with van der Waals surface area (Å²) >= 11 is 0. The lowest BCUT2D eigenvalue weighted by atomic mass is 9.80. The Kier molecular flexibility index (Phi) is 1.71. The molecule has 1 saturated heterocycles. The monoisotopic (exact) mass is 165 g/mol. The number of carbonyl (C=O) groups excluding carboxylic acids is 1. The van der Waals surface area contributed by atoms with Crippen molar-refractivity contribution in [3.8, 4) is 0 Å². The van der Waals surface area contributed by atoms with Crippen molar-refractivity contribution in [3.63, 3.8) is 0 Å². The highest BCUT2D eigenvalue weighted by Crippen LogP contribution is 2.41. The van der Waals surface area contributed by atoms with E-state index in [4.69, 9.17) is 0 Å². The molecule has 1 amide bonds. The van der Waals surface area contributed by atoms with Gasteiger partial charge in [-0.05, 0) is 12.8 Å². The lowest BCUT2D eigenvalue weighted by Crippen LogP contribution is -2.23. The summed E-state index contributed by atoms with van der Waals surface area (Å²) in [5.41, 5.74) is 1.05. The van der Waals surface area contributed by atoms with E-state index in [0.717, 1.165) is 12.1 Å². The molecule has 2 aliphatic rings. The normalized spacial score (nSPS) is 35.6. The van der Waals surface area contributed by atoms with E-state index in [1.165, 1.54) is 19.3 Å². The van der Waals surface area contributed by atoms with E-state index in [0.29, 0.717) is 11.8 Å². The Bertz CT molecular complexity index is 210. The highest BCUT2D eigenvalue weighted by molar-refractivity contribution is 5.84. The van der Waals surface area contributed by atoms with Gasteiger partial charge in [0.15, 0.2) is 0 Å². The molecule has 2 heteroatoms. The molecule has 2 unspecified atom stereocenters. The number of allylic oxidation sites excluding steroid dienone is 1. The van der Waals surface area contributed by atoms with Crippen LogP contribution in [0.2, 0.25) is 0 Å². The molecule has 0 aromatic heterocycles. The summed E-state index contributed by atoms with van der Waals surface area (Å²) in [5, 5.41) is 0. The number of hydrogen-bond donors (Lipinski definition) is 0. The van der Waals surface area contributed by atoms with Crippen molar-refractivity contribution in [2.45, 2.75) is 25.7 Å². The fourth-order valence-corrected chi connectivity index (χ4v) is 2.46. The van der Waals surface area contributed by atoms with Crippen LogP contribution in [0.1, 0.15) is 25.7 Å². The largest absolute Gasteiger partial charge is 0.319 e. The molecule has 0 radical (unpaired) electrons. The molecule has 2 fully saturated rings. The van der Waals surface area contributed by atoms with Gasteiger partial charge in [0.25, 0.3) is 0 Å². The van der Waals surface area contributed by atoms with Crippen molar-refractivity contribution >= 4 is 5.91 Å². The SMILES string of the molecule is C=C1C2CCCCC2C(=O)N1C. The Labute approximate surface area is 73.2 Å². The zero-order valence-corrected chi connectivity index (χ0v) is 7.55. The molecule has 2 rings (SSSR count). The summed E-state index contributed by atoms with van der Waals surface area (Å²) in [6, 6.07) is 0. The molecular formula is C10H15NO. The maximum Gasteiger partial charge on any atom is 0.230 e. The molecule has 1 heterocycles. The van der Waals surface area contributed by atoms with E-state index in [1.54, 1.807) is 4.90 Å². The third kappa shape index (κ3) is 0.904. The summed E-state index contributed by atoms with van der Waals surface area (Å²) in [5.74, 6) is 1.04. The molecule has 0 aromatic carbocycles. The van der Waals surface area contributed by atoms with Gasteiger partial charge in [-0.25, -0.2) is 0 Å². The smallest absolute Gasteiger partial charge is 0.230 e. The van der Waals surface area contributed by atoms with Gasteiger partial charge in [-0.2, -0.15) is 0 Å². The van der Waals surface area contributed by atoms with Gasteiger partial charge >= 0.3 is 0 Å². The van der Waals surface area contributed by atoms with Crippen LogP contribution in [-0.4, -0.2) is 17.9 Å². The van der Waals surface area contributed by atoms with E-state index < -0.39 is 0 Å². The van der Waals surface area contributed by atoms with Crippen LogP contribution in [0.4, 0.5) is 0 Å². The van der Waals surface area contributed by atoms with Crippen LogP contribution in [0.15, 0.2) is 12.3 Å². The number of carbonyl (C=O) groups is 1. The van der Waals surface area contributed by atoms with E-state index in [2.05, 4.69) is 6.58 Å². The third-order valence-electron chi connectivity index (χ3n) is 3.27. The van der Waals surface area contributed by atoms with Crippen LogP contribution in [0.5, 0.6) is 0 Å². The zero-order valence-electron chi connectivity index (χ0n) is 7.55. The first-order chi connectivity index (χ1) is 5.72. The molecular weight excluding hydrogens is 150 g/mol. The van der Waals surface area contributed by atoms with Gasteiger partial charge in [-0.1, -0.05) is 19.4 Å². The first kappa shape index (κ1) is 7.84. The van der Waals surface area contributed by atoms with Gasteiger partial charge in [-0.15, -0.1) is 0 Å². The second-order valence-electron chi connectivity index (χ2n) is 3.89. The van der Waals surface area contributed by atoms with Crippen LogP contribution in [0, 0.1) is 11.8 Å². The molecule has 0 N–H and O–H groups in total. The summed E-state index contributed by atoms with van der Waals surface area (Å²) in [7, 11) is 1.85. The van der Waals surface area contributed by atoms with Crippen LogP contribution >= 0.6 is 0 Å². The molecule has 2 atom stereocenters. The number of amides is 1. The lowest BCUT2D eigenvalue weighted by molar-refractivity contribution is -0.130. The predicted molar refractivity (Wildman–Crippen MR) is 47.4 cm³/mol. The lowest BCUT2D eigenvalue weighted by Gasteiger charge is -2.22. The zero-order chi connectivity index (χ0) is 8.72. The number of rotatable bonds is 0. The number of hydrogen-bond acceptors (Lipinski definition) is 1. The van der Waals surface area contributed by atoms with E-state index >= 15 is 0 Å². The standard InChI is InChI=1S/C10H15NO/c1-7-8-5-3-4-6-9(8)10(12)11(7)2/h8-9H,1,3-6H2,2H3. The minimum absolute atomic E-state index is 0.274. The van der Waals surface area contributed by atoms with E-state index in [9.17, 15) is 4.79 Å². The maximum atomic E-state index is 11.6. The van der Waals surface area contributed by atoms with Crippen molar-refractivity contribution in [1.29, 1.82) is 0 Å². The van der Waals surface area contributed by atoms with Crippen molar-refractivity contribution in [2.24, 2.45) is 11.8 Å². The van der Waals surface area contributed by atoms with Gasteiger partial charge in [0, 0.05) is 24.6 Å². The minimum Gasteiger partial charge on any atom is -0.319 e. The summed E-state index contributed by atoms with van der Waals surface area (Å²) < 4.78 is 0. The molecule has 0 spiro atoms. The Balaban J connectivity index is 2.25. The molecule has 2 nitrogen and oxygen atoms in total. The van der Waals surface area contributed by atoms with Gasteiger partial charge in [0.05, 0.1) is 0 Å². The number of likely N-dealkylation sites (tertiary alicyclic amines) is 1. The second-order valence-corrected chi connectivity index (χ2v) is 3.89. The summed E-state index contributed by atoms with van der Waals surface area (Å²) in [6.07, 6.45) is 4.72. The second kappa shape index (κ2) is 2.61. The van der Waals surface area contributed by atoms with Crippen molar-refractivity contribution < 1.29 is 4.79 Å². The van der Waals surface area contributed by atoms with E-state index in [-0.39, 0.29) is 5.92 Å². The third-order valence-corrected chi connectivity index (χ3v) is 3.27. The fourth-order valence-electron chi connectivity index (χ4n) is 2.46. The molecule has 66 valence electrons. The molecule has 0 aromatic rings. The highest BCUT2D eigenvalue weighted by Gasteiger charge is 2.42. The number of nitrogens with zero attached hydrogens (tertiary/aromatic N) is 1. The quantitative estimate of drug-likeness (QED) is 0.535. The highest BCUT2D eigenvalue weighted by atomic mass is 16.2. The Morgan fingerprint density at radius 1 is 1.33 bits per heavy atom. The minimum atomic E-state index is 0.274. The maximum absolute atomic E-state index is 11.6. The predicted octanol–water partition coefficient (Wildman–Crippen LogP) is 1.78. The number of fused-ring (bicyclic) bond motifs is 1. The van der Waals surface area contributed by atoms with Gasteiger partial charge in [0.2, 0.25) is 5.91 Å². The van der Waals surface area contributed by atoms with Crippen molar-refractivity contribution in [2.75, 3.05) is 7.05 Å². The van der Waals surface area contributed by atoms with Crippen LogP contribution in [0.25, 0.3) is 0 Å². The molecule has 12 heavy (non-hydrogen) atoms. The summed E-state index contributed by atoms with van der Waals surface area (Å²) in [6.45, 7) is 3.98. The van der Waals surface area contributed by atoms with Crippen LogP contribution in [0.3, 0.4) is 0 Å². The Morgan fingerprint density at radius 3 is 2.50 bits per heavy atom. The van der Waals surface area contributed by atoms with Crippen molar-refractivity contribution in [3.05, 3.63) is 12.3 Å². The molecule has 1 aliphatic heterocycles. The van der Waals surface area contributed by atoms with Crippen LogP contribution < -0.4 is 0 Å². The fraction of sp³-hybridized carbons (Fsp3) is 0.700. The Morgan fingerprint density at radius 2 is 1.92 bits per heavy atom. The van der Waals surface area contributed by atoms with Gasteiger partial charge in [0.1, 0.15) is 0 Å². The van der Waals surface area contributed by atoms with Gasteiger partial charge < -0.3 is 4.90 Å². The van der Waals surface area contributed by atoms with Crippen molar-refractivity contribution in [1.82, 2.24) is 4.90 Å². The average Bonchev–Trinajstić information content (AvgIpc) is 2.33. The Hall–Kier alpha value is -0.790. The average molecular weight is 165 g/mol. The van der Waals surface area contributed by atoms with E-state index in [1.807, 2.05) is 7.05 Å². The topological polar surface area (TPSA) is 20.3 Å². The van der Waals surface area contributed by atoms with Crippen LogP contribution in [-0.2, 0) is 4.79 Å². The molecule has 1 aliphatic carbocycles. The van der Waals surface area contributed by atoms with Gasteiger partial charge in [-0.3, -0.25) is 4.79 Å².